The Morgan fingerprint density at radius 1 is 0.526 bits per heavy atom. The topological polar surface area (TPSA) is 417 Å². The molecular weight excluding hydrogens is 566 g/mol. The van der Waals surface area contributed by atoms with Crippen molar-refractivity contribution in [3.8, 4) is 0 Å². The molecule has 0 spiro atoms. The van der Waals surface area contributed by atoms with E-state index in [-0.39, 0.29) is 80.9 Å². The van der Waals surface area contributed by atoms with E-state index in [9.17, 15) is 53.7 Å². The third-order valence-corrected chi connectivity index (χ3v) is 2.83. The van der Waals surface area contributed by atoms with Crippen molar-refractivity contribution in [3.63, 3.8) is 0 Å². The molecule has 0 radical (unpaired) electrons. The van der Waals surface area contributed by atoms with E-state index in [2.05, 4.69) is 5.73 Å². The molecule has 38 heavy (non-hydrogen) atoms. The largest absolute Gasteiger partial charge is 2.00 e. The third kappa shape index (κ3) is 41.1. The number of carboxylic acids is 7. The zero-order chi connectivity index (χ0) is 29.8. The normalized spacial score (nSPS) is 11.9. The van der Waals surface area contributed by atoms with Crippen molar-refractivity contribution < 1.29 is 125 Å². The van der Waals surface area contributed by atoms with E-state index < -0.39 is 91.1 Å². The SMILES string of the molecule is NC(=O)CC(N)C(=O)O.N[C@@H](CC(=O)O)C(=O)[O-].N[C@@H](CC(=O)O)C(=O)[O-].N[C@@H](CC(=O)O)C(=O)[O-].[K+].[Mg+2]. The minimum absolute atomic E-state index is 0. The molecule has 0 saturated carbocycles. The Bertz CT molecular complexity index is 673. The molecule has 0 aromatic rings. The smallest absolute Gasteiger partial charge is 0.548 e. The molecule has 0 aromatic carbocycles. The first kappa shape index (κ1) is 49.0. The molecule has 20 nitrogen and oxygen atoms in total. The summed E-state index contributed by atoms with van der Waals surface area (Å²) in [6.45, 7) is 0. The average molecular weight is 592 g/mol. The summed E-state index contributed by atoms with van der Waals surface area (Å²) >= 11 is 0. The minimum Gasteiger partial charge on any atom is -0.548 e. The standard InChI is InChI=1S/C4H8N2O3.3C4H7NO4.K.Mg/c4*5-2(4(8)9)1-3(6)7;;/h2H,1,5H2,(H2,6,7)(H,8,9);3*2H,1,5H2,(H,6,7)(H,8,9);;/q;;;;+1;+2/p-3/t;3*2-;;/m.000../s1. The van der Waals surface area contributed by atoms with Gasteiger partial charge < -0.3 is 78.8 Å². The quantitative estimate of drug-likeness (QED) is 0.0950. The maximum absolute atomic E-state index is 9.99. The minimum atomic E-state index is -1.54. The fraction of sp³-hybridized carbons (Fsp3) is 0.500. The fourth-order valence-electron chi connectivity index (χ4n) is 1.12. The molecule has 208 valence electrons. The molecule has 0 rings (SSSR count). The van der Waals surface area contributed by atoms with Crippen LogP contribution in [0.2, 0.25) is 0 Å². The summed E-state index contributed by atoms with van der Waals surface area (Å²) in [7, 11) is 0. The number of carbonyl (C=O) groups excluding carboxylic acids is 4. The number of amides is 1. The summed E-state index contributed by atoms with van der Waals surface area (Å²) in [5, 5.41) is 61.2. The second-order valence-electron chi connectivity index (χ2n) is 6.19. The first-order valence-corrected chi connectivity index (χ1v) is 8.96. The molecule has 0 aliphatic heterocycles. The van der Waals surface area contributed by atoms with Crippen LogP contribution in [-0.2, 0) is 38.4 Å². The molecule has 0 saturated heterocycles. The van der Waals surface area contributed by atoms with Crippen LogP contribution in [0.4, 0.5) is 0 Å². The Morgan fingerprint density at radius 3 is 0.789 bits per heavy atom. The van der Waals surface area contributed by atoms with Gasteiger partial charge in [0.2, 0.25) is 5.91 Å². The predicted octanol–water partition coefficient (Wildman–Crippen LogP) is -12.5. The summed E-state index contributed by atoms with van der Waals surface area (Å²) in [5.74, 6) is -10.3. The summed E-state index contributed by atoms with van der Waals surface area (Å²) < 4.78 is 0. The van der Waals surface area contributed by atoms with E-state index in [4.69, 9.17) is 43.4 Å². The van der Waals surface area contributed by atoms with Crippen LogP contribution in [-0.4, -0.2) is 115 Å². The van der Waals surface area contributed by atoms with Crippen molar-refractivity contribution in [1.29, 1.82) is 0 Å². The zero-order valence-electron chi connectivity index (χ0n) is 20.0. The van der Waals surface area contributed by atoms with Crippen molar-refractivity contribution in [2.24, 2.45) is 28.7 Å². The Labute approximate surface area is 272 Å². The van der Waals surface area contributed by atoms with Gasteiger partial charge in [-0.15, -0.1) is 0 Å². The van der Waals surface area contributed by atoms with Gasteiger partial charge >= 0.3 is 98.3 Å². The summed E-state index contributed by atoms with van der Waals surface area (Å²) in [4.78, 5) is 78.3. The number of carbonyl (C=O) groups is 8. The van der Waals surface area contributed by atoms with Crippen molar-refractivity contribution >= 4 is 70.7 Å². The Kier molecular flexibility index (Phi) is 36.1. The first-order chi connectivity index (χ1) is 16.1. The van der Waals surface area contributed by atoms with Crippen LogP contribution in [0.1, 0.15) is 25.7 Å². The summed E-state index contributed by atoms with van der Waals surface area (Å²) in [6.07, 6.45) is -2.09. The van der Waals surface area contributed by atoms with Crippen LogP contribution in [0.15, 0.2) is 0 Å². The number of hydrogen-bond donors (Lipinski definition) is 9. The number of aliphatic carboxylic acids is 7. The molecule has 0 aromatic heterocycles. The van der Waals surface area contributed by atoms with Crippen LogP contribution in [0.25, 0.3) is 0 Å². The Morgan fingerprint density at radius 2 is 0.737 bits per heavy atom. The van der Waals surface area contributed by atoms with Crippen LogP contribution >= 0.6 is 0 Å². The van der Waals surface area contributed by atoms with Crippen molar-refractivity contribution in [1.82, 2.24) is 0 Å². The molecule has 0 fully saturated rings. The second-order valence-corrected chi connectivity index (χ2v) is 6.19. The van der Waals surface area contributed by atoms with Gasteiger partial charge in [0.15, 0.2) is 0 Å². The number of hydrogen-bond acceptors (Lipinski definition) is 15. The fourth-order valence-corrected chi connectivity index (χ4v) is 1.12. The van der Waals surface area contributed by atoms with Gasteiger partial charge in [-0.3, -0.25) is 24.0 Å². The van der Waals surface area contributed by atoms with Gasteiger partial charge in [0.1, 0.15) is 6.04 Å². The monoisotopic (exact) mass is 591 g/mol. The molecule has 4 atom stereocenters. The molecule has 14 N–H and O–H groups in total. The van der Waals surface area contributed by atoms with Crippen LogP contribution < -0.4 is 95.4 Å². The number of primary amides is 1. The second kappa shape index (κ2) is 28.0. The molecule has 0 aliphatic rings. The van der Waals surface area contributed by atoms with Crippen LogP contribution in [0.3, 0.4) is 0 Å². The van der Waals surface area contributed by atoms with Crippen molar-refractivity contribution in [2.45, 2.75) is 49.9 Å². The molecule has 1 unspecified atom stereocenters. The van der Waals surface area contributed by atoms with Gasteiger partial charge in [0.25, 0.3) is 0 Å². The van der Waals surface area contributed by atoms with Crippen LogP contribution in [0, 0.1) is 0 Å². The van der Waals surface area contributed by atoms with Gasteiger partial charge in [0.05, 0.1) is 61.7 Å². The molecule has 0 heterocycles. The molecule has 22 heteroatoms. The molecule has 1 amide bonds. The maximum atomic E-state index is 9.99. The van der Waals surface area contributed by atoms with Gasteiger partial charge in [-0.25, -0.2) is 0 Å². The van der Waals surface area contributed by atoms with E-state index >= 15 is 0 Å². The molecule has 0 bridgehead atoms. The van der Waals surface area contributed by atoms with Crippen molar-refractivity contribution in [2.75, 3.05) is 0 Å². The summed E-state index contributed by atoms with van der Waals surface area (Å²) in [6, 6.07) is -5.37. The number of carboxylic acid groups (broad SMARTS) is 7. The Hall–Kier alpha value is -2.00. The van der Waals surface area contributed by atoms with E-state index in [1.54, 1.807) is 0 Å². The molecular formula is C16H26KMgN5O15. The van der Waals surface area contributed by atoms with E-state index in [0.29, 0.717) is 0 Å². The number of nitrogens with two attached hydrogens (primary N) is 5. The average Bonchev–Trinajstić information content (AvgIpc) is 2.67. The van der Waals surface area contributed by atoms with Gasteiger partial charge in [0, 0.05) is 0 Å². The summed E-state index contributed by atoms with van der Waals surface area (Å²) in [5.41, 5.74) is 23.9. The maximum Gasteiger partial charge on any atom is 2.00 e. The van der Waals surface area contributed by atoms with Crippen molar-refractivity contribution in [3.05, 3.63) is 0 Å². The van der Waals surface area contributed by atoms with Crippen LogP contribution in [0.5, 0.6) is 0 Å². The predicted molar refractivity (Wildman–Crippen MR) is 111 cm³/mol. The van der Waals surface area contributed by atoms with Gasteiger partial charge in [-0.2, -0.15) is 0 Å². The van der Waals surface area contributed by atoms with Gasteiger partial charge in [-0.05, 0) is 0 Å². The van der Waals surface area contributed by atoms with E-state index in [1.807, 2.05) is 0 Å². The Balaban J connectivity index is -0.0000000883. The first-order valence-electron chi connectivity index (χ1n) is 8.96. The zero-order valence-corrected chi connectivity index (χ0v) is 24.5. The van der Waals surface area contributed by atoms with E-state index in [1.165, 1.54) is 0 Å². The van der Waals surface area contributed by atoms with E-state index in [0.717, 1.165) is 0 Å². The van der Waals surface area contributed by atoms with Gasteiger partial charge in [-0.1, -0.05) is 0 Å². The third-order valence-electron chi connectivity index (χ3n) is 2.83. The molecule has 0 aliphatic carbocycles. The number of rotatable bonds is 12.